The quantitative estimate of drug-likeness (QED) is 0.559. The summed E-state index contributed by atoms with van der Waals surface area (Å²) in [4.78, 5) is 10.8. The van der Waals surface area contributed by atoms with Gasteiger partial charge in [-0.2, -0.15) is 0 Å². The van der Waals surface area contributed by atoms with Crippen LogP contribution in [-0.4, -0.2) is 30.6 Å². The number of fused-ring (bicyclic) bond motifs is 1. The van der Waals surface area contributed by atoms with Gasteiger partial charge in [-0.15, -0.1) is 0 Å². The highest BCUT2D eigenvalue weighted by Crippen LogP contribution is 2.27. The fraction of sp³-hybridized carbons (Fsp3) is 0.481. The number of nitrogens with one attached hydrogen (secondary N) is 1. The van der Waals surface area contributed by atoms with Crippen LogP contribution in [-0.2, 0) is 6.54 Å². The maximum Gasteiger partial charge on any atom is 0.139 e. The van der Waals surface area contributed by atoms with Crippen LogP contribution in [0.4, 0.5) is 5.82 Å². The molecule has 1 aliphatic rings. The van der Waals surface area contributed by atoms with Crippen LogP contribution in [0.1, 0.15) is 49.6 Å². The Morgan fingerprint density at radius 2 is 1.58 bits per heavy atom. The minimum atomic E-state index is 0.812. The topological polar surface area (TPSA) is 41.1 Å². The molecule has 0 atom stereocenters. The molecule has 0 radical (unpaired) electrons. The lowest BCUT2D eigenvalue weighted by Gasteiger charge is -2.26. The van der Waals surface area contributed by atoms with Gasteiger partial charge in [0, 0.05) is 26.0 Å². The molecule has 2 aromatic carbocycles. The molecule has 0 aliphatic heterocycles. The van der Waals surface area contributed by atoms with Gasteiger partial charge in [0.2, 0.25) is 0 Å². The first kappa shape index (κ1) is 23.2. The molecule has 1 N–H and O–H groups in total. The molecule has 31 heavy (non-hydrogen) atoms. The van der Waals surface area contributed by atoms with Gasteiger partial charge in [0.05, 0.1) is 5.52 Å². The lowest BCUT2D eigenvalue weighted by atomic mass is 9.83. The molecule has 1 aliphatic carbocycles. The lowest BCUT2D eigenvalue weighted by Crippen LogP contribution is -2.25. The SMILES string of the molecule is Cc1ccc(CNCC2CCC(C)CC2)cc1.Cc1nc(N(C)C)c2ccccc2n1. The molecule has 1 aromatic heterocycles. The monoisotopic (exact) mass is 418 g/mol. The number of hydrogen-bond donors (Lipinski definition) is 1. The van der Waals surface area contributed by atoms with Crippen LogP contribution in [0.15, 0.2) is 48.5 Å². The maximum atomic E-state index is 4.42. The van der Waals surface area contributed by atoms with Gasteiger partial charge >= 0.3 is 0 Å². The van der Waals surface area contributed by atoms with Crippen molar-refractivity contribution in [2.45, 2.75) is 53.0 Å². The van der Waals surface area contributed by atoms with E-state index in [1.54, 1.807) is 0 Å². The Kier molecular flexibility index (Phi) is 8.42. The Morgan fingerprint density at radius 3 is 2.26 bits per heavy atom. The first-order chi connectivity index (χ1) is 14.9. The summed E-state index contributed by atoms with van der Waals surface area (Å²) < 4.78 is 0. The van der Waals surface area contributed by atoms with Gasteiger partial charge in [-0.25, -0.2) is 9.97 Å². The number of anilines is 1. The third-order valence-electron chi connectivity index (χ3n) is 6.14. The zero-order valence-electron chi connectivity index (χ0n) is 19.9. The number of aryl methyl sites for hydroxylation is 2. The van der Waals surface area contributed by atoms with Gasteiger partial charge in [0.25, 0.3) is 0 Å². The van der Waals surface area contributed by atoms with E-state index >= 15 is 0 Å². The summed E-state index contributed by atoms with van der Waals surface area (Å²) in [6.07, 6.45) is 5.69. The molecule has 4 rings (SSSR count). The van der Waals surface area contributed by atoms with E-state index in [2.05, 4.69) is 53.4 Å². The predicted molar refractivity (Wildman–Crippen MR) is 133 cm³/mol. The highest BCUT2D eigenvalue weighted by molar-refractivity contribution is 5.89. The molecule has 1 fully saturated rings. The molecule has 0 unspecified atom stereocenters. The molecule has 3 aromatic rings. The minimum Gasteiger partial charge on any atom is -0.362 e. The number of nitrogens with zero attached hydrogens (tertiary/aromatic N) is 3. The molecule has 0 saturated heterocycles. The molecular formula is C27H38N4. The maximum absolute atomic E-state index is 4.42. The Hall–Kier alpha value is -2.46. The minimum absolute atomic E-state index is 0.812. The molecule has 0 spiro atoms. The van der Waals surface area contributed by atoms with Crippen LogP contribution in [0.2, 0.25) is 0 Å². The zero-order chi connectivity index (χ0) is 22.2. The summed E-state index contributed by atoms with van der Waals surface area (Å²) in [6, 6.07) is 16.9. The van der Waals surface area contributed by atoms with E-state index in [-0.39, 0.29) is 0 Å². The van der Waals surface area contributed by atoms with Crippen LogP contribution in [0, 0.1) is 25.7 Å². The molecule has 4 heteroatoms. The Bertz CT molecular complexity index is 941. The second-order valence-corrected chi connectivity index (χ2v) is 9.25. The van der Waals surface area contributed by atoms with Crippen molar-refractivity contribution in [3.63, 3.8) is 0 Å². The first-order valence-electron chi connectivity index (χ1n) is 11.6. The molecule has 1 heterocycles. The van der Waals surface area contributed by atoms with E-state index in [1.165, 1.54) is 43.4 Å². The van der Waals surface area contributed by atoms with Crippen molar-refractivity contribution in [3.05, 3.63) is 65.5 Å². The van der Waals surface area contributed by atoms with Crippen LogP contribution < -0.4 is 10.2 Å². The number of rotatable bonds is 5. The van der Waals surface area contributed by atoms with Crippen molar-refractivity contribution in [1.29, 1.82) is 0 Å². The van der Waals surface area contributed by atoms with E-state index in [0.717, 1.165) is 40.9 Å². The van der Waals surface area contributed by atoms with Crippen molar-refractivity contribution in [1.82, 2.24) is 15.3 Å². The second-order valence-electron chi connectivity index (χ2n) is 9.25. The zero-order valence-corrected chi connectivity index (χ0v) is 19.9. The molecule has 1 saturated carbocycles. The van der Waals surface area contributed by atoms with E-state index in [9.17, 15) is 0 Å². The van der Waals surface area contributed by atoms with Crippen LogP contribution in [0.25, 0.3) is 10.9 Å². The Morgan fingerprint density at radius 1 is 0.903 bits per heavy atom. The summed E-state index contributed by atoms with van der Waals surface area (Å²) in [6.45, 7) is 8.66. The van der Waals surface area contributed by atoms with Crippen molar-refractivity contribution >= 4 is 16.7 Å². The fourth-order valence-electron chi connectivity index (χ4n) is 4.17. The third kappa shape index (κ3) is 7.03. The van der Waals surface area contributed by atoms with E-state index < -0.39 is 0 Å². The predicted octanol–water partition coefficient (Wildman–Crippen LogP) is 5.92. The van der Waals surface area contributed by atoms with Gasteiger partial charge in [0.1, 0.15) is 11.6 Å². The number of benzene rings is 2. The van der Waals surface area contributed by atoms with Crippen LogP contribution >= 0.6 is 0 Å². The van der Waals surface area contributed by atoms with Crippen LogP contribution in [0.5, 0.6) is 0 Å². The average Bonchev–Trinajstić information content (AvgIpc) is 2.76. The van der Waals surface area contributed by atoms with E-state index in [0.29, 0.717) is 0 Å². The van der Waals surface area contributed by atoms with Crippen molar-refractivity contribution in [2.75, 3.05) is 25.5 Å². The third-order valence-corrected chi connectivity index (χ3v) is 6.14. The largest absolute Gasteiger partial charge is 0.362 e. The van der Waals surface area contributed by atoms with E-state index in [4.69, 9.17) is 0 Å². The van der Waals surface area contributed by atoms with Gasteiger partial charge < -0.3 is 10.2 Å². The van der Waals surface area contributed by atoms with Crippen molar-refractivity contribution in [2.24, 2.45) is 11.8 Å². The first-order valence-corrected chi connectivity index (χ1v) is 11.6. The fourth-order valence-corrected chi connectivity index (χ4v) is 4.17. The second kappa shape index (κ2) is 11.2. The highest BCUT2D eigenvalue weighted by atomic mass is 15.1. The summed E-state index contributed by atoms with van der Waals surface area (Å²) in [5.74, 6) is 3.67. The lowest BCUT2D eigenvalue weighted by molar-refractivity contribution is 0.281. The van der Waals surface area contributed by atoms with Gasteiger partial charge in [0.15, 0.2) is 0 Å². The number of hydrogen-bond acceptors (Lipinski definition) is 4. The summed E-state index contributed by atoms with van der Waals surface area (Å²) in [5, 5.41) is 4.71. The van der Waals surface area contributed by atoms with Gasteiger partial charge in [-0.1, -0.05) is 61.7 Å². The average molecular weight is 419 g/mol. The Balaban J connectivity index is 0.000000179. The van der Waals surface area contributed by atoms with Gasteiger partial charge in [-0.3, -0.25) is 0 Å². The van der Waals surface area contributed by atoms with Crippen molar-refractivity contribution in [3.8, 4) is 0 Å². The summed E-state index contributed by atoms with van der Waals surface area (Å²) >= 11 is 0. The Labute approximate surface area is 188 Å². The molecule has 4 nitrogen and oxygen atoms in total. The normalized spacial score (nSPS) is 18.4. The number of para-hydroxylation sites is 1. The molecule has 0 amide bonds. The number of aromatic nitrogens is 2. The van der Waals surface area contributed by atoms with Crippen molar-refractivity contribution < 1.29 is 0 Å². The molecule has 0 bridgehead atoms. The highest BCUT2D eigenvalue weighted by Gasteiger charge is 2.17. The smallest absolute Gasteiger partial charge is 0.139 e. The summed E-state index contributed by atoms with van der Waals surface area (Å²) in [7, 11) is 3.99. The molecular weight excluding hydrogens is 380 g/mol. The van der Waals surface area contributed by atoms with Gasteiger partial charge in [-0.05, 0) is 62.8 Å². The van der Waals surface area contributed by atoms with E-state index in [1.807, 2.05) is 50.2 Å². The molecule has 166 valence electrons. The standard InChI is InChI=1S/C16H25N.C11H13N3/c1-13-3-7-15(8-4-13)11-17-12-16-9-5-14(2)6-10-16;1-8-12-10-7-5-4-6-9(10)11(13-8)14(2)3/h3-4,7-8,14,16-17H,5-6,9-12H2,1-2H3;4-7H,1-3H3. The van der Waals surface area contributed by atoms with Crippen LogP contribution in [0.3, 0.4) is 0 Å². The summed E-state index contributed by atoms with van der Waals surface area (Å²) in [5.41, 5.74) is 3.75.